The second kappa shape index (κ2) is 15.3. The highest BCUT2D eigenvalue weighted by atomic mass is 32.1. The van der Waals surface area contributed by atoms with Gasteiger partial charge in [-0.2, -0.15) is 0 Å². The highest BCUT2D eigenvalue weighted by Gasteiger charge is 2.49. The minimum atomic E-state index is -1.20. The summed E-state index contributed by atoms with van der Waals surface area (Å²) < 4.78 is 74.6. The van der Waals surface area contributed by atoms with Crippen LogP contribution in [0.3, 0.4) is 0 Å². The first kappa shape index (κ1) is 42.4. The SMILES string of the molecule is [C-]#[N+]C(C#N)=C1/C(=C/c2cc3c(s2)-c2sc4c5c(sc4c2OC32CCCCC2)-c2sc(/C=C3\C(=O)c4cc(F)c(F)cc4\C3=C(\C#N)[N+]#[C-])cc2C2(CCCCC2)O5)C(=O)c2cc(F)c(F)cc21. The smallest absolute Gasteiger partial charge is 0.270 e. The Labute approximate surface area is 401 Å². The van der Waals surface area contributed by atoms with E-state index in [0.29, 0.717) is 9.75 Å². The zero-order valence-electron chi connectivity index (χ0n) is 35.3. The van der Waals surface area contributed by atoms with E-state index in [4.69, 9.17) is 22.6 Å². The Morgan fingerprint density at radius 3 is 1.28 bits per heavy atom. The number of nitrogens with zero attached hydrogens (tertiary/aromatic N) is 4. The number of thiophene rings is 4. The molecule has 16 heteroatoms. The number of carbonyl (C=O) groups excluding carboxylic acids is 2. The van der Waals surface area contributed by atoms with Crippen LogP contribution in [0.4, 0.5) is 17.6 Å². The van der Waals surface area contributed by atoms with E-state index in [2.05, 4.69) is 9.69 Å². The average Bonchev–Trinajstić information content (AvgIpc) is 4.19. The molecule has 4 aromatic heterocycles. The van der Waals surface area contributed by atoms with Gasteiger partial charge in [0.2, 0.25) is 0 Å². The summed E-state index contributed by atoms with van der Waals surface area (Å²) in [6.07, 6.45) is 12.0. The van der Waals surface area contributed by atoms with Crippen molar-refractivity contribution in [3.05, 3.63) is 148 Å². The lowest BCUT2D eigenvalue weighted by Crippen LogP contribution is -2.37. The Kier molecular flexibility index (Phi) is 9.55. The number of hydrogen-bond donors (Lipinski definition) is 0. The summed E-state index contributed by atoms with van der Waals surface area (Å²) in [6, 6.07) is 11.1. The van der Waals surface area contributed by atoms with Crippen molar-refractivity contribution < 1.29 is 36.6 Å². The van der Waals surface area contributed by atoms with Crippen molar-refractivity contribution in [2.24, 2.45) is 0 Å². The largest absolute Gasteiger partial charge is 0.479 e. The van der Waals surface area contributed by atoms with Crippen molar-refractivity contribution in [1.82, 2.24) is 0 Å². The number of benzene rings is 2. The van der Waals surface area contributed by atoms with Crippen LogP contribution >= 0.6 is 45.3 Å². The molecule has 68 heavy (non-hydrogen) atoms. The molecule has 2 spiro atoms. The van der Waals surface area contributed by atoms with E-state index < -0.39 is 57.4 Å². The van der Waals surface area contributed by atoms with Gasteiger partial charge in [0.1, 0.15) is 11.2 Å². The van der Waals surface area contributed by atoms with Crippen LogP contribution in [-0.2, 0) is 11.2 Å². The van der Waals surface area contributed by atoms with E-state index in [9.17, 15) is 37.7 Å². The van der Waals surface area contributed by atoms with Crippen LogP contribution in [0.1, 0.15) is 117 Å². The van der Waals surface area contributed by atoms with Crippen molar-refractivity contribution in [2.75, 3.05) is 0 Å². The van der Waals surface area contributed by atoms with E-state index in [1.54, 1.807) is 34.8 Å². The van der Waals surface area contributed by atoms with Gasteiger partial charge in [-0.15, -0.1) is 45.3 Å². The highest BCUT2D eigenvalue weighted by Crippen LogP contribution is 2.66. The van der Waals surface area contributed by atoms with Crippen LogP contribution in [0.2, 0.25) is 0 Å². The minimum absolute atomic E-state index is 0.000779. The van der Waals surface area contributed by atoms with E-state index in [1.165, 1.54) is 22.7 Å². The number of nitriles is 2. The molecule has 0 amide bonds. The first-order valence-corrected chi connectivity index (χ1v) is 25.0. The number of hydrogen-bond acceptors (Lipinski definition) is 10. The minimum Gasteiger partial charge on any atom is -0.479 e. The molecule has 0 radical (unpaired) electrons. The fraction of sp³-hybridized carbons (Fsp3) is 0.231. The third kappa shape index (κ3) is 5.95. The molecule has 2 aliphatic heterocycles. The standard InChI is InChI=1S/C52H28F4N4O4S4/c1-59-37(21-57)39-25-17-33(53)35(55)19-27(25)41(61)29(39)13-23-15-31-45(65-23)47-43(63-51(31)9-5-3-6-10-51)49-50(67-47)44-48(68-49)46-32(52(64-44)11-7-4-8-12-52)16-24(66-46)14-30-40(38(22-58)60-2)26-18-34(54)36(56)20-28(26)42(30)62/h13-20H,3-12H2/b29-13-,30-14-,39-37+,40-38?. The molecule has 2 fully saturated rings. The molecule has 4 aliphatic carbocycles. The molecule has 0 bridgehead atoms. The Morgan fingerprint density at radius 1 is 0.559 bits per heavy atom. The number of fused-ring (bicyclic) bond motifs is 13. The summed E-state index contributed by atoms with van der Waals surface area (Å²) in [5, 5.41) is 19.9. The highest BCUT2D eigenvalue weighted by molar-refractivity contribution is 7.35. The van der Waals surface area contributed by atoms with Crippen LogP contribution in [0.5, 0.6) is 11.5 Å². The van der Waals surface area contributed by atoms with Crippen LogP contribution in [0.15, 0.2) is 58.9 Å². The summed E-state index contributed by atoms with van der Waals surface area (Å²) in [5.74, 6) is -4.53. The molecule has 0 unspecified atom stereocenters. The number of rotatable bonds is 2. The summed E-state index contributed by atoms with van der Waals surface area (Å²) in [5.41, 5.74) is -0.495. The maximum atomic E-state index is 14.6. The first-order chi connectivity index (χ1) is 32.9. The number of allylic oxidation sites excluding steroid dienone is 6. The molecule has 332 valence electrons. The Bertz CT molecular complexity index is 3420. The van der Waals surface area contributed by atoms with Crippen molar-refractivity contribution in [3.8, 4) is 43.1 Å². The molecule has 0 atom stereocenters. The van der Waals surface area contributed by atoms with E-state index in [0.717, 1.165) is 140 Å². The monoisotopic (exact) mass is 976 g/mol. The number of halogens is 4. The normalized spacial score (nSPS) is 20.6. The molecular formula is C52H28F4N4O4S4. The van der Waals surface area contributed by atoms with Crippen molar-refractivity contribution in [3.63, 3.8) is 0 Å². The molecular weight excluding hydrogens is 949 g/mol. The van der Waals surface area contributed by atoms with Crippen LogP contribution in [0.25, 0.3) is 61.9 Å². The summed E-state index contributed by atoms with van der Waals surface area (Å²) in [7, 11) is 0. The molecule has 0 N–H and O–H groups in total. The fourth-order valence-electron chi connectivity index (χ4n) is 10.9. The second-order valence-electron chi connectivity index (χ2n) is 17.6. The Balaban J connectivity index is 1.01. The van der Waals surface area contributed by atoms with Crippen molar-refractivity contribution in [2.45, 2.75) is 75.4 Å². The summed E-state index contributed by atoms with van der Waals surface area (Å²) in [6.45, 7) is 15.4. The van der Waals surface area contributed by atoms with E-state index in [1.807, 2.05) is 24.3 Å². The molecule has 2 aromatic carbocycles. The maximum absolute atomic E-state index is 14.6. The predicted molar refractivity (Wildman–Crippen MR) is 253 cm³/mol. The van der Waals surface area contributed by atoms with Gasteiger partial charge in [-0.25, -0.2) is 37.8 Å². The molecule has 0 saturated heterocycles. The molecule has 2 saturated carbocycles. The molecule has 6 aromatic rings. The van der Waals surface area contributed by atoms with Crippen LogP contribution < -0.4 is 9.47 Å². The van der Waals surface area contributed by atoms with Gasteiger partial charge >= 0.3 is 0 Å². The summed E-state index contributed by atoms with van der Waals surface area (Å²) in [4.78, 5) is 39.6. The lowest BCUT2D eigenvalue weighted by atomic mass is 9.78. The third-order valence-electron chi connectivity index (χ3n) is 13.9. The Hall–Kier alpha value is -6.92. The van der Waals surface area contributed by atoms with Gasteiger partial charge in [-0.3, -0.25) is 9.59 Å². The number of ether oxygens (including phenoxy) is 2. The quantitative estimate of drug-likeness (QED) is 0.0740. The van der Waals surface area contributed by atoms with Gasteiger partial charge in [0.25, 0.3) is 11.4 Å². The van der Waals surface area contributed by atoms with Crippen LogP contribution in [0, 0.1) is 59.1 Å². The van der Waals surface area contributed by atoms with E-state index >= 15 is 0 Å². The Morgan fingerprint density at radius 2 is 0.926 bits per heavy atom. The van der Waals surface area contributed by atoms with Gasteiger partial charge in [-0.1, -0.05) is 12.8 Å². The molecule has 12 rings (SSSR count). The third-order valence-corrected chi connectivity index (χ3v) is 18.9. The van der Waals surface area contributed by atoms with Gasteiger partial charge in [0.05, 0.1) is 54.2 Å². The average molecular weight is 977 g/mol. The van der Waals surface area contributed by atoms with E-state index in [-0.39, 0.29) is 44.5 Å². The zero-order valence-corrected chi connectivity index (χ0v) is 38.5. The lowest BCUT2D eigenvalue weighted by Gasteiger charge is -2.41. The molecule has 8 nitrogen and oxygen atoms in total. The predicted octanol–water partition coefficient (Wildman–Crippen LogP) is 14.9. The van der Waals surface area contributed by atoms with Gasteiger partial charge in [0.15, 0.2) is 46.3 Å². The lowest BCUT2D eigenvalue weighted by molar-refractivity contribution is 0.0258. The number of carbonyl (C=O) groups is 2. The maximum Gasteiger partial charge on any atom is 0.270 e. The van der Waals surface area contributed by atoms with Gasteiger partial charge in [-0.05, 0) is 111 Å². The molecule has 6 heterocycles. The van der Waals surface area contributed by atoms with Gasteiger partial charge < -0.3 is 9.47 Å². The zero-order chi connectivity index (χ0) is 47.0. The van der Waals surface area contributed by atoms with Crippen LogP contribution in [-0.4, -0.2) is 11.6 Å². The van der Waals surface area contributed by atoms with Crippen molar-refractivity contribution in [1.29, 1.82) is 10.5 Å². The van der Waals surface area contributed by atoms with Crippen molar-refractivity contribution >= 4 is 89.6 Å². The summed E-state index contributed by atoms with van der Waals surface area (Å²) >= 11 is 6.03. The number of Topliss-reactive ketones (excluding diaryl/α,β-unsaturated/α-hetero) is 2. The second-order valence-corrected chi connectivity index (χ2v) is 21.8. The molecule has 6 aliphatic rings. The fourth-order valence-corrected chi connectivity index (χ4v) is 16.1. The first-order valence-electron chi connectivity index (χ1n) is 21.7. The topological polar surface area (TPSA) is 109 Å². The number of ketones is 2. The van der Waals surface area contributed by atoms with Gasteiger partial charge in [0, 0.05) is 54.3 Å².